The van der Waals surface area contributed by atoms with E-state index in [-0.39, 0.29) is 21.1 Å². The maximum atomic E-state index is 13.9. The molecule has 3 rings (SSSR count). The number of nitrogens with one attached hydrogen (secondary N) is 1. The summed E-state index contributed by atoms with van der Waals surface area (Å²) in [6, 6.07) is 7.36. The molecule has 0 aliphatic carbocycles. The second-order valence-electron chi connectivity index (χ2n) is 6.84. The highest BCUT2D eigenvalue weighted by atomic mass is 32.2. The van der Waals surface area contributed by atoms with Gasteiger partial charge in [0.15, 0.2) is 0 Å². The van der Waals surface area contributed by atoms with E-state index < -0.39 is 27.4 Å². The largest absolute Gasteiger partial charge is 0.456 e. The van der Waals surface area contributed by atoms with E-state index in [1.54, 1.807) is 32.2 Å². The van der Waals surface area contributed by atoms with E-state index in [0.29, 0.717) is 0 Å². The van der Waals surface area contributed by atoms with Gasteiger partial charge in [-0.15, -0.1) is 11.3 Å². The summed E-state index contributed by atoms with van der Waals surface area (Å²) < 4.78 is 48.1. The molecule has 148 valence electrons. The zero-order valence-corrected chi connectivity index (χ0v) is 17.0. The van der Waals surface area contributed by atoms with Crippen LogP contribution in [0.2, 0.25) is 0 Å². The highest BCUT2D eigenvalue weighted by Gasteiger charge is 2.25. The van der Waals surface area contributed by atoms with Gasteiger partial charge in [0, 0.05) is 0 Å². The van der Waals surface area contributed by atoms with E-state index in [2.05, 4.69) is 9.82 Å². The zero-order chi connectivity index (χ0) is 20.5. The number of benzene rings is 1. The van der Waals surface area contributed by atoms with Crippen molar-refractivity contribution in [3.05, 3.63) is 59.5 Å². The predicted molar refractivity (Wildman–Crippen MR) is 104 cm³/mol. The van der Waals surface area contributed by atoms with Crippen LogP contribution in [-0.4, -0.2) is 29.8 Å². The van der Waals surface area contributed by atoms with Gasteiger partial charge in [-0.25, -0.2) is 22.3 Å². The fourth-order valence-corrected chi connectivity index (χ4v) is 4.31. The van der Waals surface area contributed by atoms with E-state index in [1.165, 1.54) is 30.5 Å². The number of aromatic nitrogens is 2. The molecule has 0 aliphatic rings. The molecule has 0 saturated carbocycles. The summed E-state index contributed by atoms with van der Waals surface area (Å²) in [5.74, 6) is -1.17. The Morgan fingerprint density at radius 1 is 1.25 bits per heavy atom. The van der Waals surface area contributed by atoms with Gasteiger partial charge in [-0.1, -0.05) is 12.1 Å². The molecule has 0 aliphatic heterocycles. The van der Waals surface area contributed by atoms with Crippen molar-refractivity contribution in [3.8, 4) is 5.69 Å². The zero-order valence-electron chi connectivity index (χ0n) is 15.3. The lowest BCUT2D eigenvalue weighted by Crippen LogP contribution is -2.24. The fourth-order valence-electron chi connectivity index (χ4n) is 2.28. The summed E-state index contributed by atoms with van der Waals surface area (Å²) in [4.78, 5) is 12.1. The van der Waals surface area contributed by atoms with Crippen molar-refractivity contribution in [3.63, 3.8) is 0 Å². The highest BCUT2D eigenvalue weighted by Crippen LogP contribution is 2.28. The molecule has 10 heteroatoms. The van der Waals surface area contributed by atoms with Gasteiger partial charge in [0.2, 0.25) is 0 Å². The Morgan fingerprint density at radius 2 is 1.96 bits per heavy atom. The Kier molecular flexibility index (Phi) is 5.26. The molecule has 0 spiro atoms. The number of para-hydroxylation sites is 1. The topological polar surface area (TPSA) is 90.3 Å². The summed E-state index contributed by atoms with van der Waals surface area (Å²) in [6.45, 7) is 5.16. The average molecular weight is 423 g/mol. The summed E-state index contributed by atoms with van der Waals surface area (Å²) in [5, 5.41) is 5.63. The van der Waals surface area contributed by atoms with Crippen LogP contribution in [0.5, 0.6) is 0 Å². The first-order chi connectivity index (χ1) is 13.1. The Hall–Kier alpha value is -2.72. The smallest absolute Gasteiger partial charge is 0.341 e. The maximum Gasteiger partial charge on any atom is 0.341 e. The van der Waals surface area contributed by atoms with Crippen molar-refractivity contribution < 1.29 is 22.3 Å². The van der Waals surface area contributed by atoms with Gasteiger partial charge >= 0.3 is 5.97 Å². The molecule has 0 atom stereocenters. The van der Waals surface area contributed by atoms with E-state index in [1.807, 2.05) is 0 Å². The van der Waals surface area contributed by atoms with Crippen molar-refractivity contribution >= 4 is 32.3 Å². The van der Waals surface area contributed by atoms with Crippen LogP contribution >= 0.6 is 11.3 Å². The van der Waals surface area contributed by atoms with Crippen LogP contribution < -0.4 is 4.72 Å². The Balaban J connectivity index is 1.86. The lowest BCUT2D eigenvalue weighted by Gasteiger charge is -2.19. The molecule has 28 heavy (non-hydrogen) atoms. The van der Waals surface area contributed by atoms with E-state index >= 15 is 0 Å². The number of ether oxygens (including phenoxy) is 1. The number of sulfonamides is 1. The van der Waals surface area contributed by atoms with Crippen LogP contribution in [0, 0.1) is 5.82 Å². The SMILES string of the molecule is CC(C)(C)OC(=O)c1ccsc1NS(=O)(=O)c1cnn(-c2ccccc2F)c1. The van der Waals surface area contributed by atoms with Crippen LogP contribution in [-0.2, 0) is 14.8 Å². The molecule has 0 saturated heterocycles. The van der Waals surface area contributed by atoms with Crippen LogP contribution in [0.1, 0.15) is 31.1 Å². The second kappa shape index (κ2) is 7.36. The molecular formula is C18H18FN3O4S2. The highest BCUT2D eigenvalue weighted by molar-refractivity contribution is 7.93. The molecule has 2 heterocycles. The number of thiophene rings is 1. The van der Waals surface area contributed by atoms with Gasteiger partial charge in [0.05, 0.1) is 18.0 Å². The van der Waals surface area contributed by atoms with Crippen LogP contribution in [0.4, 0.5) is 9.39 Å². The first kappa shape index (κ1) is 20.0. The third-order valence-electron chi connectivity index (χ3n) is 3.48. The minimum absolute atomic E-state index is 0.116. The molecule has 0 amide bonds. The normalized spacial score (nSPS) is 12.0. The van der Waals surface area contributed by atoms with E-state index in [4.69, 9.17) is 4.74 Å². The average Bonchev–Trinajstić information content (AvgIpc) is 3.23. The minimum Gasteiger partial charge on any atom is -0.456 e. The van der Waals surface area contributed by atoms with Gasteiger partial charge < -0.3 is 4.74 Å². The number of anilines is 1. The van der Waals surface area contributed by atoms with Gasteiger partial charge in [0.1, 0.15) is 27.0 Å². The van der Waals surface area contributed by atoms with Crippen LogP contribution in [0.25, 0.3) is 5.69 Å². The standard InChI is InChI=1S/C18H18FN3O4S2/c1-18(2,3)26-17(23)13-8-9-27-16(13)21-28(24,25)12-10-20-22(11-12)15-7-5-4-6-14(15)19/h4-11,21H,1-3H3. The summed E-state index contributed by atoms with van der Waals surface area (Å²) >= 11 is 1.05. The maximum absolute atomic E-state index is 13.9. The second-order valence-corrected chi connectivity index (χ2v) is 9.44. The third-order valence-corrected chi connectivity index (χ3v) is 5.74. The Morgan fingerprint density at radius 3 is 2.64 bits per heavy atom. The number of halogens is 1. The Bertz CT molecular complexity index is 1110. The fraction of sp³-hybridized carbons (Fsp3) is 0.222. The summed E-state index contributed by atoms with van der Waals surface area (Å²) in [7, 11) is -4.04. The quantitative estimate of drug-likeness (QED) is 0.630. The third kappa shape index (κ3) is 4.39. The molecule has 2 aromatic heterocycles. The molecule has 7 nitrogen and oxygen atoms in total. The molecule has 0 bridgehead atoms. The number of hydrogen-bond acceptors (Lipinski definition) is 6. The van der Waals surface area contributed by atoms with E-state index in [9.17, 15) is 17.6 Å². The molecular weight excluding hydrogens is 405 g/mol. The Labute approximate surface area is 165 Å². The molecule has 1 N–H and O–H groups in total. The number of esters is 1. The summed E-state index contributed by atoms with van der Waals surface area (Å²) in [6.07, 6.45) is 2.30. The number of carbonyl (C=O) groups excluding carboxylic acids is 1. The lowest BCUT2D eigenvalue weighted by molar-refractivity contribution is 0.00713. The van der Waals surface area contributed by atoms with Gasteiger partial charge in [-0.3, -0.25) is 4.72 Å². The van der Waals surface area contributed by atoms with Crippen molar-refractivity contribution in [1.29, 1.82) is 0 Å². The van der Waals surface area contributed by atoms with Gasteiger partial charge in [-0.05, 0) is 44.4 Å². The lowest BCUT2D eigenvalue weighted by atomic mass is 10.2. The molecule has 0 radical (unpaired) electrons. The van der Waals surface area contributed by atoms with Gasteiger partial charge in [0.25, 0.3) is 10.0 Å². The predicted octanol–water partition coefficient (Wildman–Crippen LogP) is 3.83. The van der Waals surface area contributed by atoms with Crippen molar-refractivity contribution in [2.75, 3.05) is 4.72 Å². The minimum atomic E-state index is -4.04. The van der Waals surface area contributed by atoms with Crippen molar-refractivity contribution in [2.45, 2.75) is 31.3 Å². The van der Waals surface area contributed by atoms with Crippen LogP contribution in [0.15, 0.2) is 53.0 Å². The number of rotatable bonds is 5. The first-order valence-corrected chi connectivity index (χ1v) is 10.6. The summed E-state index contributed by atoms with van der Waals surface area (Å²) in [5.41, 5.74) is -0.477. The number of hydrogen-bond donors (Lipinski definition) is 1. The van der Waals surface area contributed by atoms with Crippen LogP contribution in [0.3, 0.4) is 0 Å². The van der Waals surface area contributed by atoms with Gasteiger partial charge in [-0.2, -0.15) is 5.10 Å². The van der Waals surface area contributed by atoms with Crippen molar-refractivity contribution in [1.82, 2.24) is 9.78 Å². The van der Waals surface area contributed by atoms with Crippen molar-refractivity contribution in [2.24, 2.45) is 0 Å². The molecule has 1 aromatic carbocycles. The molecule has 0 unspecified atom stereocenters. The molecule has 3 aromatic rings. The molecule has 0 fully saturated rings. The first-order valence-electron chi connectivity index (χ1n) is 8.20. The number of carbonyl (C=O) groups is 1. The van der Waals surface area contributed by atoms with E-state index in [0.717, 1.165) is 22.2 Å². The monoisotopic (exact) mass is 423 g/mol. The number of nitrogens with zero attached hydrogens (tertiary/aromatic N) is 2.